The second-order valence-electron chi connectivity index (χ2n) is 3.63. The Kier molecular flexibility index (Phi) is 4.99. The molecule has 2 atom stereocenters. The van der Waals surface area contributed by atoms with Gasteiger partial charge in [-0.1, -0.05) is 12.1 Å². The molecule has 0 spiro atoms. The lowest BCUT2D eigenvalue weighted by Gasteiger charge is -2.17. The minimum Gasteiger partial charge on any atom is -0.435 e. The van der Waals surface area contributed by atoms with Crippen LogP contribution in [0.25, 0.3) is 0 Å². The Labute approximate surface area is 102 Å². The Morgan fingerprint density at radius 2 is 2.06 bits per heavy atom. The molecule has 1 rings (SSSR count). The number of primary amides is 1. The van der Waals surface area contributed by atoms with Gasteiger partial charge in [-0.3, -0.25) is 4.79 Å². The molecule has 0 aliphatic heterocycles. The van der Waals surface area contributed by atoms with Crippen molar-refractivity contribution in [2.45, 2.75) is 25.2 Å². The number of amides is 1. The maximum Gasteiger partial charge on any atom is 0.387 e. The van der Waals surface area contributed by atoms with E-state index in [2.05, 4.69) is 4.74 Å². The summed E-state index contributed by atoms with van der Waals surface area (Å²) in [6.45, 7) is -2.98. The monoisotopic (exact) mass is 261 g/mol. The van der Waals surface area contributed by atoms with Crippen LogP contribution >= 0.6 is 0 Å². The van der Waals surface area contributed by atoms with Crippen LogP contribution in [0.3, 0.4) is 0 Å². The van der Waals surface area contributed by atoms with Gasteiger partial charge in [0.15, 0.2) is 0 Å². The van der Waals surface area contributed by atoms with Crippen LogP contribution in [-0.4, -0.2) is 28.8 Å². The van der Waals surface area contributed by atoms with E-state index in [-0.39, 0.29) is 11.3 Å². The minimum absolute atomic E-state index is 0.146. The fourth-order valence-corrected chi connectivity index (χ4v) is 1.41. The average Bonchev–Trinajstić information content (AvgIpc) is 2.26. The molecule has 100 valence electrons. The second-order valence-corrected chi connectivity index (χ2v) is 3.63. The van der Waals surface area contributed by atoms with Crippen molar-refractivity contribution in [1.29, 1.82) is 0 Å². The first kappa shape index (κ1) is 14.3. The summed E-state index contributed by atoms with van der Waals surface area (Å²) in [6, 6.07) is 5.23. The highest BCUT2D eigenvalue weighted by atomic mass is 19.3. The maximum absolute atomic E-state index is 12.0. The molecule has 0 fully saturated rings. The fourth-order valence-electron chi connectivity index (χ4n) is 1.41. The molecular weight excluding hydrogens is 248 g/mol. The lowest BCUT2D eigenvalue weighted by molar-refractivity contribution is -0.121. The van der Waals surface area contributed by atoms with Crippen molar-refractivity contribution in [2.75, 3.05) is 0 Å². The van der Waals surface area contributed by atoms with Gasteiger partial charge in [0.25, 0.3) is 0 Å². The van der Waals surface area contributed by atoms with E-state index in [9.17, 15) is 23.8 Å². The van der Waals surface area contributed by atoms with E-state index in [1.807, 2.05) is 0 Å². The summed E-state index contributed by atoms with van der Waals surface area (Å²) < 4.78 is 28.1. The van der Waals surface area contributed by atoms with Crippen molar-refractivity contribution in [3.05, 3.63) is 29.8 Å². The largest absolute Gasteiger partial charge is 0.435 e. The lowest BCUT2D eigenvalue weighted by atomic mass is 10.0. The zero-order valence-electron chi connectivity index (χ0n) is 9.29. The number of hydrogen-bond acceptors (Lipinski definition) is 4. The van der Waals surface area contributed by atoms with Gasteiger partial charge in [0.05, 0.1) is 12.5 Å². The smallest absolute Gasteiger partial charge is 0.387 e. The van der Waals surface area contributed by atoms with Crippen LogP contribution in [0.4, 0.5) is 8.78 Å². The van der Waals surface area contributed by atoms with Crippen LogP contribution in [0.2, 0.25) is 0 Å². The van der Waals surface area contributed by atoms with Gasteiger partial charge in [0, 0.05) is 0 Å². The van der Waals surface area contributed by atoms with Gasteiger partial charge in [-0.05, 0) is 17.7 Å². The third-order valence-corrected chi connectivity index (χ3v) is 2.20. The van der Waals surface area contributed by atoms with Gasteiger partial charge in [0.2, 0.25) is 5.91 Å². The number of ether oxygens (including phenoxy) is 1. The molecule has 1 amide bonds. The first-order chi connectivity index (χ1) is 8.40. The van der Waals surface area contributed by atoms with Crippen molar-refractivity contribution in [3.63, 3.8) is 0 Å². The molecule has 0 aliphatic carbocycles. The lowest BCUT2D eigenvalue weighted by Crippen LogP contribution is -2.25. The Hall–Kier alpha value is -1.73. The highest BCUT2D eigenvalue weighted by Crippen LogP contribution is 2.23. The van der Waals surface area contributed by atoms with Crippen molar-refractivity contribution in [2.24, 2.45) is 5.73 Å². The van der Waals surface area contributed by atoms with E-state index in [4.69, 9.17) is 5.73 Å². The van der Waals surface area contributed by atoms with Crippen LogP contribution in [0.15, 0.2) is 24.3 Å². The number of alkyl halides is 2. The van der Waals surface area contributed by atoms with Crippen molar-refractivity contribution in [1.82, 2.24) is 0 Å². The van der Waals surface area contributed by atoms with Crippen molar-refractivity contribution >= 4 is 5.91 Å². The SMILES string of the molecule is NC(=O)CC(O)C(O)c1cccc(OC(F)F)c1. The summed E-state index contributed by atoms with van der Waals surface area (Å²) in [4.78, 5) is 10.6. The Morgan fingerprint density at radius 3 is 2.61 bits per heavy atom. The molecule has 0 saturated carbocycles. The van der Waals surface area contributed by atoms with Crippen LogP contribution in [-0.2, 0) is 4.79 Å². The molecule has 2 unspecified atom stereocenters. The van der Waals surface area contributed by atoms with Crippen LogP contribution in [0.5, 0.6) is 5.75 Å². The summed E-state index contributed by atoms with van der Waals surface area (Å²) in [7, 11) is 0. The predicted octanol–water partition coefficient (Wildman–Crippen LogP) is 0.558. The normalized spacial score (nSPS) is 14.3. The van der Waals surface area contributed by atoms with Gasteiger partial charge in [-0.25, -0.2) is 0 Å². The molecule has 18 heavy (non-hydrogen) atoms. The third kappa shape index (κ3) is 4.27. The topological polar surface area (TPSA) is 92.8 Å². The van der Waals surface area contributed by atoms with E-state index in [0.717, 1.165) is 6.07 Å². The van der Waals surface area contributed by atoms with Gasteiger partial charge in [-0.2, -0.15) is 8.78 Å². The first-order valence-electron chi connectivity index (χ1n) is 5.09. The zero-order chi connectivity index (χ0) is 13.7. The predicted molar refractivity (Wildman–Crippen MR) is 57.9 cm³/mol. The van der Waals surface area contributed by atoms with Crippen LogP contribution in [0.1, 0.15) is 18.1 Å². The molecule has 0 aliphatic rings. The highest BCUT2D eigenvalue weighted by Gasteiger charge is 2.21. The number of carbonyl (C=O) groups is 1. The molecule has 5 nitrogen and oxygen atoms in total. The summed E-state index contributed by atoms with van der Waals surface area (Å²) in [5, 5.41) is 19.2. The molecule has 0 bridgehead atoms. The quantitative estimate of drug-likeness (QED) is 0.697. The number of aliphatic hydroxyl groups is 2. The van der Waals surface area contributed by atoms with Crippen LogP contribution < -0.4 is 10.5 Å². The first-order valence-corrected chi connectivity index (χ1v) is 5.09. The van der Waals surface area contributed by atoms with Gasteiger partial charge >= 0.3 is 6.61 Å². The molecule has 7 heteroatoms. The zero-order valence-corrected chi connectivity index (χ0v) is 9.29. The number of aliphatic hydroxyl groups excluding tert-OH is 2. The molecule has 0 aromatic heterocycles. The molecular formula is C11H13F2NO4. The van der Waals surface area contributed by atoms with E-state index < -0.39 is 31.1 Å². The number of hydrogen-bond donors (Lipinski definition) is 3. The molecule has 4 N–H and O–H groups in total. The summed E-state index contributed by atoms with van der Waals surface area (Å²) in [6.07, 6.45) is -3.23. The number of nitrogens with two attached hydrogens (primary N) is 1. The number of carbonyl (C=O) groups excluding carboxylic acids is 1. The van der Waals surface area contributed by atoms with E-state index in [0.29, 0.717) is 0 Å². The van der Waals surface area contributed by atoms with Crippen molar-refractivity contribution < 1.29 is 28.5 Å². The highest BCUT2D eigenvalue weighted by molar-refractivity contribution is 5.74. The molecule has 0 radical (unpaired) electrons. The second kappa shape index (κ2) is 6.27. The summed E-state index contributed by atoms with van der Waals surface area (Å²) in [5.41, 5.74) is 5.03. The molecule has 1 aromatic rings. The standard InChI is InChI=1S/C11H13F2NO4/c12-11(13)18-7-3-1-2-6(4-7)10(17)8(15)5-9(14)16/h1-4,8,10-11,15,17H,5H2,(H2,14,16). The van der Waals surface area contributed by atoms with Crippen LogP contribution in [0, 0.1) is 0 Å². The summed E-state index contributed by atoms with van der Waals surface area (Å²) in [5.74, 6) is -0.922. The molecule has 0 saturated heterocycles. The van der Waals surface area contributed by atoms with Gasteiger partial charge in [0.1, 0.15) is 11.9 Å². The van der Waals surface area contributed by atoms with E-state index in [1.165, 1.54) is 18.2 Å². The fraction of sp³-hybridized carbons (Fsp3) is 0.364. The number of halogens is 2. The van der Waals surface area contributed by atoms with Gasteiger partial charge in [-0.15, -0.1) is 0 Å². The Morgan fingerprint density at radius 1 is 1.39 bits per heavy atom. The average molecular weight is 261 g/mol. The third-order valence-electron chi connectivity index (χ3n) is 2.20. The molecule has 0 heterocycles. The number of benzene rings is 1. The van der Waals surface area contributed by atoms with Gasteiger partial charge < -0.3 is 20.7 Å². The summed E-state index contributed by atoms with van der Waals surface area (Å²) >= 11 is 0. The van der Waals surface area contributed by atoms with E-state index in [1.54, 1.807) is 0 Å². The molecule has 1 aromatic carbocycles. The van der Waals surface area contributed by atoms with Crippen molar-refractivity contribution in [3.8, 4) is 5.75 Å². The minimum atomic E-state index is -2.98. The maximum atomic E-state index is 12.0. The van der Waals surface area contributed by atoms with E-state index >= 15 is 0 Å². The Balaban J connectivity index is 2.79. The number of rotatable bonds is 6. The Bertz CT molecular complexity index is 414.